The molecule has 126 valence electrons. The standard InChI is InChI=1S/C17H18FN3O3/c18-12-5-11-13(6-14(12)20-4-3-9(19)8-20)21(10-1-2-10)15(17(23)24)7-16(11)22/h5-7,9-10H,1-4,8,19H2,(H,23,24). The molecule has 7 heteroatoms. The number of nitrogens with zero attached hydrogens (tertiary/aromatic N) is 2. The van der Waals surface area contributed by atoms with Gasteiger partial charge < -0.3 is 20.3 Å². The Kier molecular flexibility index (Phi) is 3.35. The lowest BCUT2D eigenvalue weighted by atomic mass is 10.1. The zero-order valence-electron chi connectivity index (χ0n) is 13.0. The lowest BCUT2D eigenvalue weighted by Gasteiger charge is -2.21. The van der Waals surface area contributed by atoms with E-state index in [9.17, 15) is 19.1 Å². The van der Waals surface area contributed by atoms with Gasteiger partial charge in [0.05, 0.1) is 11.2 Å². The molecule has 4 rings (SSSR count). The molecule has 2 aliphatic rings. The van der Waals surface area contributed by atoms with Gasteiger partial charge in [-0.25, -0.2) is 9.18 Å². The number of pyridine rings is 1. The van der Waals surface area contributed by atoms with Crippen molar-refractivity contribution in [2.75, 3.05) is 18.0 Å². The number of hydrogen-bond acceptors (Lipinski definition) is 4. The van der Waals surface area contributed by atoms with E-state index in [0.717, 1.165) is 25.3 Å². The Morgan fingerprint density at radius 3 is 2.58 bits per heavy atom. The fourth-order valence-corrected chi connectivity index (χ4v) is 3.49. The zero-order chi connectivity index (χ0) is 17.0. The molecule has 1 saturated carbocycles. The third-order valence-corrected chi connectivity index (χ3v) is 4.81. The largest absolute Gasteiger partial charge is 0.477 e. The second kappa shape index (κ2) is 5.31. The summed E-state index contributed by atoms with van der Waals surface area (Å²) in [5.74, 6) is -1.62. The van der Waals surface area contributed by atoms with Gasteiger partial charge in [-0.15, -0.1) is 0 Å². The first kappa shape index (κ1) is 15.1. The fourth-order valence-electron chi connectivity index (χ4n) is 3.49. The molecule has 1 saturated heterocycles. The van der Waals surface area contributed by atoms with Gasteiger partial charge in [0.1, 0.15) is 11.5 Å². The molecule has 6 nitrogen and oxygen atoms in total. The maximum Gasteiger partial charge on any atom is 0.352 e. The molecule has 1 atom stereocenters. The van der Waals surface area contributed by atoms with Crippen LogP contribution < -0.4 is 16.1 Å². The summed E-state index contributed by atoms with van der Waals surface area (Å²) in [4.78, 5) is 25.7. The highest BCUT2D eigenvalue weighted by Gasteiger charge is 2.30. The number of benzene rings is 1. The summed E-state index contributed by atoms with van der Waals surface area (Å²) >= 11 is 0. The summed E-state index contributed by atoms with van der Waals surface area (Å²) in [6.45, 7) is 1.20. The SMILES string of the molecule is NC1CCN(c2cc3c(cc2F)c(=O)cc(C(=O)O)n3C2CC2)C1. The van der Waals surface area contributed by atoms with Crippen LogP contribution in [0.4, 0.5) is 10.1 Å². The maximum atomic E-state index is 14.5. The highest BCUT2D eigenvalue weighted by atomic mass is 19.1. The zero-order valence-corrected chi connectivity index (χ0v) is 13.0. The summed E-state index contributed by atoms with van der Waals surface area (Å²) in [6, 6.07) is 3.97. The minimum Gasteiger partial charge on any atom is -0.477 e. The van der Waals surface area contributed by atoms with Crippen molar-refractivity contribution in [1.82, 2.24) is 4.57 Å². The summed E-state index contributed by atoms with van der Waals surface area (Å²) in [5.41, 5.74) is 6.26. The lowest BCUT2D eigenvalue weighted by Crippen LogP contribution is -2.27. The third kappa shape index (κ3) is 2.36. The van der Waals surface area contributed by atoms with E-state index in [2.05, 4.69) is 0 Å². The highest BCUT2D eigenvalue weighted by molar-refractivity contribution is 5.92. The Morgan fingerprint density at radius 1 is 1.25 bits per heavy atom. The average molecular weight is 331 g/mol. The minimum absolute atomic E-state index is 0.00363. The second-order valence-corrected chi connectivity index (χ2v) is 6.62. The number of carboxylic acids is 1. The van der Waals surface area contributed by atoms with Gasteiger partial charge in [0.15, 0.2) is 5.43 Å². The van der Waals surface area contributed by atoms with Gasteiger partial charge in [-0.2, -0.15) is 0 Å². The van der Waals surface area contributed by atoms with Crippen LogP contribution in [0.5, 0.6) is 0 Å². The lowest BCUT2D eigenvalue weighted by molar-refractivity contribution is 0.0684. The van der Waals surface area contributed by atoms with Gasteiger partial charge in [0, 0.05) is 36.6 Å². The van der Waals surface area contributed by atoms with E-state index < -0.39 is 17.2 Å². The number of carbonyl (C=O) groups is 1. The van der Waals surface area contributed by atoms with Crippen molar-refractivity contribution < 1.29 is 14.3 Å². The summed E-state index contributed by atoms with van der Waals surface area (Å²) in [7, 11) is 0. The maximum absolute atomic E-state index is 14.5. The smallest absolute Gasteiger partial charge is 0.352 e. The van der Waals surface area contributed by atoms with Crippen LogP contribution in [-0.4, -0.2) is 34.8 Å². The molecule has 0 bridgehead atoms. The molecule has 1 aliphatic heterocycles. The molecule has 24 heavy (non-hydrogen) atoms. The summed E-state index contributed by atoms with van der Waals surface area (Å²) in [5, 5.41) is 9.65. The van der Waals surface area contributed by atoms with E-state index in [1.807, 2.05) is 4.90 Å². The monoisotopic (exact) mass is 331 g/mol. The topological polar surface area (TPSA) is 88.6 Å². The normalized spacial score (nSPS) is 20.8. The first-order valence-corrected chi connectivity index (χ1v) is 8.08. The Labute approximate surface area is 137 Å². The Bertz CT molecular complexity index is 904. The van der Waals surface area contributed by atoms with Crippen molar-refractivity contribution in [3.63, 3.8) is 0 Å². The van der Waals surface area contributed by atoms with Crippen molar-refractivity contribution >= 4 is 22.6 Å². The molecule has 1 aliphatic carbocycles. The van der Waals surface area contributed by atoms with Crippen LogP contribution in [-0.2, 0) is 0 Å². The number of aromatic nitrogens is 1. The number of halogens is 1. The van der Waals surface area contributed by atoms with Gasteiger partial charge in [0.2, 0.25) is 0 Å². The van der Waals surface area contributed by atoms with E-state index in [1.54, 1.807) is 10.6 Å². The van der Waals surface area contributed by atoms with Crippen molar-refractivity contribution in [1.29, 1.82) is 0 Å². The quantitative estimate of drug-likeness (QED) is 0.894. The van der Waals surface area contributed by atoms with E-state index in [-0.39, 0.29) is 23.2 Å². The molecular weight excluding hydrogens is 313 g/mol. The van der Waals surface area contributed by atoms with Gasteiger partial charge >= 0.3 is 5.97 Å². The summed E-state index contributed by atoms with van der Waals surface area (Å²) < 4.78 is 16.2. The molecule has 2 heterocycles. The molecule has 0 amide bonds. The molecule has 2 aromatic rings. The first-order chi connectivity index (χ1) is 11.5. The van der Waals surface area contributed by atoms with Gasteiger partial charge in [-0.3, -0.25) is 4.79 Å². The van der Waals surface area contributed by atoms with Crippen molar-refractivity contribution in [3.8, 4) is 0 Å². The number of anilines is 1. The van der Waals surface area contributed by atoms with Crippen molar-refractivity contribution in [2.45, 2.75) is 31.3 Å². The molecule has 0 spiro atoms. The number of rotatable bonds is 3. The van der Waals surface area contributed by atoms with Gasteiger partial charge in [-0.05, 0) is 31.4 Å². The molecule has 1 aromatic carbocycles. The predicted octanol–water partition coefficient (Wildman–Crippen LogP) is 1.71. The van der Waals surface area contributed by atoms with Crippen LogP contribution in [0.3, 0.4) is 0 Å². The summed E-state index contributed by atoms with van der Waals surface area (Å²) in [6.07, 6.45) is 2.50. The first-order valence-electron chi connectivity index (χ1n) is 8.08. The molecule has 1 unspecified atom stereocenters. The van der Waals surface area contributed by atoms with Gasteiger partial charge in [-0.1, -0.05) is 0 Å². The van der Waals surface area contributed by atoms with Crippen LogP contribution in [0.25, 0.3) is 10.9 Å². The number of aromatic carboxylic acids is 1. The van der Waals surface area contributed by atoms with E-state index >= 15 is 0 Å². The molecule has 0 radical (unpaired) electrons. The molecule has 3 N–H and O–H groups in total. The van der Waals surface area contributed by atoms with Crippen LogP contribution in [0.15, 0.2) is 23.0 Å². The Morgan fingerprint density at radius 2 is 2.00 bits per heavy atom. The molecule has 1 aromatic heterocycles. The number of carboxylic acid groups (broad SMARTS) is 1. The minimum atomic E-state index is -1.14. The van der Waals surface area contributed by atoms with Crippen molar-refractivity contribution in [2.24, 2.45) is 5.73 Å². The fraction of sp³-hybridized carbons (Fsp3) is 0.412. The predicted molar refractivity (Wildman–Crippen MR) is 88.2 cm³/mol. The van der Waals surface area contributed by atoms with Crippen LogP contribution in [0.2, 0.25) is 0 Å². The highest BCUT2D eigenvalue weighted by Crippen LogP contribution is 2.39. The average Bonchev–Trinajstić information content (AvgIpc) is 3.28. The Hall–Kier alpha value is -2.41. The van der Waals surface area contributed by atoms with Crippen molar-refractivity contribution in [3.05, 3.63) is 39.9 Å². The molecule has 2 fully saturated rings. The van der Waals surface area contributed by atoms with E-state index in [0.29, 0.717) is 24.3 Å². The number of hydrogen-bond donors (Lipinski definition) is 2. The molecular formula is C17H18FN3O3. The van der Waals surface area contributed by atoms with Crippen LogP contribution in [0, 0.1) is 5.82 Å². The third-order valence-electron chi connectivity index (χ3n) is 4.81. The Balaban J connectivity index is 1.98. The van der Waals surface area contributed by atoms with Crippen LogP contribution in [0.1, 0.15) is 35.8 Å². The van der Waals surface area contributed by atoms with Gasteiger partial charge in [0.25, 0.3) is 0 Å². The number of fused-ring (bicyclic) bond motifs is 1. The van der Waals surface area contributed by atoms with E-state index in [4.69, 9.17) is 5.73 Å². The second-order valence-electron chi connectivity index (χ2n) is 6.62. The van der Waals surface area contributed by atoms with Crippen LogP contribution >= 0.6 is 0 Å². The number of nitrogens with two attached hydrogens (primary N) is 1. The van der Waals surface area contributed by atoms with E-state index in [1.165, 1.54) is 6.07 Å².